The summed E-state index contributed by atoms with van der Waals surface area (Å²) >= 11 is 0. The highest BCUT2D eigenvalue weighted by Crippen LogP contribution is 2.26. The third-order valence-electron chi connectivity index (χ3n) is 2.25. The van der Waals surface area contributed by atoms with E-state index in [1.165, 1.54) is 0 Å². The number of benzene rings is 1. The minimum Gasteiger partial charge on any atom is -0.390 e. The van der Waals surface area contributed by atoms with Gasteiger partial charge >= 0.3 is 0 Å². The molecule has 1 rings (SSSR count). The van der Waals surface area contributed by atoms with Crippen molar-refractivity contribution in [3.05, 3.63) is 33.9 Å². The van der Waals surface area contributed by atoms with Crippen LogP contribution in [0.5, 0.6) is 0 Å². The summed E-state index contributed by atoms with van der Waals surface area (Å²) in [6.45, 7) is -2.41. The number of hydrogen-bond acceptors (Lipinski definition) is 5. The van der Waals surface area contributed by atoms with Crippen molar-refractivity contribution in [1.29, 1.82) is 0 Å². The highest BCUT2D eigenvalue weighted by Gasteiger charge is 2.28. The number of carbonyl (C=O) groups is 1. The summed E-state index contributed by atoms with van der Waals surface area (Å²) in [4.78, 5) is 20.9. The Bertz CT molecular complexity index is 508. The molecular weight excluding hydrogens is 264 g/mol. The maximum atomic E-state index is 12.9. The monoisotopic (exact) mass is 275 g/mol. The highest BCUT2D eigenvalue weighted by molar-refractivity contribution is 5.94. The third kappa shape index (κ3) is 3.85. The van der Waals surface area contributed by atoms with Crippen molar-refractivity contribution in [3.63, 3.8) is 0 Å². The molecule has 0 atom stereocenters. The van der Waals surface area contributed by atoms with Crippen LogP contribution in [0.15, 0.2) is 18.2 Å². The van der Waals surface area contributed by atoms with Crippen LogP contribution >= 0.6 is 0 Å². The molecule has 0 saturated heterocycles. The number of amides is 1. The topological polar surface area (TPSA) is 118 Å². The molecule has 0 fully saturated rings. The molecule has 0 spiro atoms. The summed E-state index contributed by atoms with van der Waals surface area (Å²) in [5, 5.41) is 21.2. The number of nitro benzene ring substituents is 1. The molecule has 0 bridgehead atoms. The van der Waals surface area contributed by atoms with Gasteiger partial charge in [0.05, 0.1) is 11.5 Å². The van der Waals surface area contributed by atoms with Crippen LogP contribution in [0.2, 0.25) is 0 Å². The molecule has 7 nitrogen and oxygen atoms in total. The van der Waals surface area contributed by atoms with Crippen molar-refractivity contribution in [2.24, 2.45) is 5.73 Å². The van der Waals surface area contributed by atoms with Crippen LogP contribution in [0, 0.1) is 10.1 Å². The molecule has 1 amide bonds. The fourth-order valence-corrected chi connectivity index (χ4v) is 1.27. The predicted octanol–water partition coefficient (Wildman–Crippen LogP) is 0.733. The number of hydrogen-bond donors (Lipinski definition) is 3. The Morgan fingerprint density at radius 1 is 1.53 bits per heavy atom. The van der Waals surface area contributed by atoms with Crippen molar-refractivity contribution < 1.29 is 23.6 Å². The van der Waals surface area contributed by atoms with Crippen LogP contribution in [-0.4, -0.2) is 35.0 Å². The number of rotatable bonds is 6. The van der Waals surface area contributed by atoms with E-state index in [2.05, 4.69) is 5.32 Å². The zero-order valence-electron chi connectivity index (χ0n) is 9.60. The van der Waals surface area contributed by atoms with Gasteiger partial charge < -0.3 is 16.2 Å². The molecule has 0 radical (unpaired) electrons. The Hall–Kier alpha value is -2.29. The number of nitrogens with zero attached hydrogens (tertiary/aromatic N) is 1. The van der Waals surface area contributed by atoms with Gasteiger partial charge in [0.2, 0.25) is 5.91 Å². The number of halogens is 2. The van der Waals surface area contributed by atoms with E-state index in [1.807, 2.05) is 0 Å². The number of nitro groups is 1. The lowest BCUT2D eigenvalue weighted by Gasteiger charge is -2.15. The molecule has 0 aromatic heterocycles. The van der Waals surface area contributed by atoms with E-state index >= 15 is 0 Å². The Kier molecular flexibility index (Phi) is 4.33. The number of carbonyl (C=O) groups excluding carboxylic acids is 1. The van der Waals surface area contributed by atoms with Gasteiger partial charge in [-0.05, 0) is 12.1 Å². The number of primary amides is 1. The third-order valence-corrected chi connectivity index (χ3v) is 2.25. The summed E-state index contributed by atoms with van der Waals surface area (Å²) < 4.78 is 25.7. The van der Waals surface area contributed by atoms with Gasteiger partial charge in [-0.3, -0.25) is 14.9 Å². The average Bonchev–Trinajstić information content (AvgIpc) is 2.35. The van der Waals surface area contributed by atoms with Crippen LogP contribution in [0.1, 0.15) is 10.4 Å². The van der Waals surface area contributed by atoms with E-state index in [1.54, 1.807) is 0 Å². The van der Waals surface area contributed by atoms with Crippen molar-refractivity contribution in [1.82, 2.24) is 0 Å². The normalized spacial score (nSPS) is 11.1. The highest BCUT2D eigenvalue weighted by atomic mass is 19.3. The Morgan fingerprint density at radius 2 is 2.16 bits per heavy atom. The van der Waals surface area contributed by atoms with Gasteiger partial charge in [0.25, 0.3) is 11.6 Å². The maximum absolute atomic E-state index is 12.9. The SMILES string of the molecule is NC(=O)c1ccc([N+](=O)[O-])c(NCC(F)(F)CO)c1. The van der Waals surface area contributed by atoms with E-state index in [0.717, 1.165) is 18.2 Å². The first kappa shape index (κ1) is 14.8. The largest absolute Gasteiger partial charge is 0.390 e. The number of alkyl halides is 2. The molecule has 0 heterocycles. The van der Waals surface area contributed by atoms with Crippen molar-refractivity contribution >= 4 is 17.3 Å². The fourth-order valence-electron chi connectivity index (χ4n) is 1.27. The summed E-state index contributed by atoms with van der Waals surface area (Å²) in [6, 6.07) is 3.11. The summed E-state index contributed by atoms with van der Waals surface area (Å²) in [5.74, 6) is -4.27. The second-order valence-corrected chi connectivity index (χ2v) is 3.72. The summed E-state index contributed by atoms with van der Waals surface area (Å²) in [7, 11) is 0. The molecule has 0 aliphatic rings. The molecule has 104 valence electrons. The lowest BCUT2D eigenvalue weighted by Crippen LogP contribution is -2.31. The molecule has 0 unspecified atom stereocenters. The summed E-state index contributed by atoms with van der Waals surface area (Å²) in [6.07, 6.45) is 0. The van der Waals surface area contributed by atoms with Crippen LogP contribution in [-0.2, 0) is 0 Å². The molecule has 0 aliphatic heterocycles. The lowest BCUT2D eigenvalue weighted by molar-refractivity contribution is -0.384. The van der Waals surface area contributed by atoms with Crippen molar-refractivity contribution in [2.45, 2.75) is 5.92 Å². The number of nitrogens with two attached hydrogens (primary N) is 1. The van der Waals surface area contributed by atoms with Crippen LogP contribution < -0.4 is 11.1 Å². The Balaban J connectivity index is 3.04. The fraction of sp³-hybridized carbons (Fsp3) is 0.300. The first-order chi connectivity index (χ1) is 8.76. The number of aliphatic hydroxyl groups is 1. The predicted molar refractivity (Wildman–Crippen MR) is 62.1 cm³/mol. The van der Waals surface area contributed by atoms with Crippen molar-refractivity contribution in [3.8, 4) is 0 Å². The van der Waals surface area contributed by atoms with Crippen LogP contribution in [0.25, 0.3) is 0 Å². The van der Waals surface area contributed by atoms with Gasteiger partial charge in [0.15, 0.2) is 0 Å². The number of nitrogens with one attached hydrogen (secondary N) is 1. The molecule has 19 heavy (non-hydrogen) atoms. The zero-order chi connectivity index (χ0) is 14.6. The molecule has 0 aliphatic carbocycles. The van der Waals surface area contributed by atoms with E-state index in [-0.39, 0.29) is 11.3 Å². The quantitative estimate of drug-likeness (QED) is 0.522. The Labute approximate surface area is 106 Å². The summed E-state index contributed by atoms with van der Waals surface area (Å²) in [5.41, 5.74) is 4.19. The van der Waals surface area contributed by atoms with Gasteiger partial charge in [-0.2, -0.15) is 0 Å². The van der Waals surface area contributed by atoms with Crippen LogP contribution in [0.3, 0.4) is 0 Å². The van der Waals surface area contributed by atoms with Gasteiger partial charge in [-0.25, -0.2) is 8.78 Å². The molecule has 9 heteroatoms. The Morgan fingerprint density at radius 3 is 2.63 bits per heavy atom. The number of anilines is 1. The average molecular weight is 275 g/mol. The minimum atomic E-state index is -3.43. The standard InChI is InChI=1S/C10H11F2N3O4/c11-10(12,5-16)4-14-7-3-6(9(13)17)1-2-8(7)15(18)19/h1-3,14,16H,4-5H2,(H2,13,17). The molecule has 0 saturated carbocycles. The van der Waals surface area contributed by atoms with Gasteiger partial charge in [-0.1, -0.05) is 0 Å². The number of aliphatic hydroxyl groups excluding tert-OH is 1. The lowest BCUT2D eigenvalue weighted by atomic mass is 10.1. The van der Waals surface area contributed by atoms with E-state index in [0.29, 0.717) is 0 Å². The van der Waals surface area contributed by atoms with Crippen LogP contribution in [0.4, 0.5) is 20.2 Å². The van der Waals surface area contributed by atoms with Gasteiger partial charge in [-0.15, -0.1) is 0 Å². The van der Waals surface area contributed by atoms with E-state index < -0.39 is 35.6 Å². The smallest absolute Gasteiger partial charge is 0.292 e. The zero-order valence-corrected chi connectivity index (χ0v) is 9.60. The minimum absolute atomic E-state index is 0.0552. The molecule has 1 aromatic rings. The molecule has 4 N–H and O–H groups in total. The van der Waals surface area contributed by atoms with E-state index in [4.69, 9.17) is 10.8 Å². The van der Waals surface area contributed by atoms with E-state index in [9.17, 15) is 23.7 Å². The second-order valence-electron chi connectivity index (χ2n) is 3.72. The van der Waals surface area contributed by atoms with Crippen molar-refractivity contribution in [2.75, 3.05) is 18.5 Å². The molecule has 1 aromatic carbocycles. The molecular formula is C10H11F2N3O4. The maximum Gasteiger partial charge on any atom is 0.292 e. The first-order valence-corrected chi connectivity index (χ1v) is 5.07. The van der Waals surface area contributed by atoms with Gasteiger partial charge in [0.1, 0.15) is 12.3 Å². The second kappa shape index (κ2) is 5.57. The van der Waals surface area contributed by atoms with Gasteiger partial charge in [0, 0.05) is 11.6 Å². The first-order valence-electron chi connectivity index (χ1n) is 5.07.